The fourth-order valence-electron chi connectivity index (χ4n) is 2.99. The number of fused-ring (bicyclic) bond motifs is 1. The number of anilines is 3. The van der Waals surface area contributed by atoms with Crippen molar-refractivity contribution in [3.05, 3.63) is 29.6 Å². The van der Waals surface area contributed by atoms with Crippen LogP contribution in [0, 0.1) is 13.8 Å². The summed E-state index contributed by atoms with van der Waals surface area (Å²) in [6.45, 7) is 9.10. The third-order valence-electron chi connectivity index (χ3n) is 4.53. The van der Waals surface area contributed by atoms with Gasteiger partial charge in [0, 0.05) is 33.5 Å². The summed E-state index contributed by atoms with van der Waals surface area (Å²) in [6, 6.07) is 3.94. The Hall–Kier alpha value is -2.78. The predicted octanol–water partition coefficient (Wildman–Crippen LogP) is 2.70. The zero-order chi connectivity index (χ0) is 20.8. The molecule has 0 aliphatic heterocycles. The van der Waals surface area contributed by atoms with Gasteiger partial charge in [-0.1, -0.05) is 0 Å². The van der Waals surface area contributed by atoms with Gasteiger partial charge in [0.05, 0.1) is 25.5 Å². The molecule has 3 heterocycles. The lowest BCUT2D eigenvalue weighted by atomic mass is 10.3. The molecule has 0 unspecified atom stereocenters. The number of nitrogens with zero attached hydrogens (tertiary/aromatic N) is 6. The van der Waals surface area contributed by atoms with Crippen molar-refractivity contribution in [3.8, 4) is 0 Å². The van der Waals surface area contributed by atoms with Crippen LogP contribution >= 0.6 is 0 Å². The second-order valence-corrected chi connectivity index (χ2v) is 6.83. The molecule has 0 saturated heterocycles. The van der Waals surface area contributed by atoms with E-state index < -0.39 is 0 Å². The molecule has 3 aromatic heterocycles. The van der Waals surface area contributed by atoms with Crippen LogP contribution in [0.4, 0.5) is 17.6 Å². The van der Waals surface area contributed by atoms with Gasteiger partial charge in [-0.25, -0.2) is 9.97 Å². The van der Waals surface area contributed by atoms with E-state index in [1.54, 1.807) is 13.3 Å². The van der Waals surface area contributed by atoms with Gasteiger partial charge in [-0.3, -0.25) is 4.68 Å². The molecule has 0 radical (unpaired) electrons. The minimum atomic E-state index is 0.574. The van der Waals surface area contributed by atoms with E-state index in [2.05, 4.69) is 15.4 Å². The summed E-state index contributed by atoms with van der Waals surface area (Å²) in [5.74, 6) is 2.01. The quantitative estimate of drug-likeness (QED) is 0.521. The van der Waals surface area contributed by atoms with E-state index in [-0.39, 0.29) is 0 Å². The second-order valence-electron chi connectivity index (χ2n) is 6.83. The molecule has 0 bridgehead atoms. The van der Waals surface area contributed by atoms with E-state index in [1.807, 2.05) is 49.5 Å². The van der Waals surface area contributed by atoms with Crippen LogP contribution in [0.1, 0.15) is 18.2 Å². The van der Waals surface area contributed by atoms with Gasteiger partial charge in [0.2, 0.25) is 5.95 Å². The SMILES string of the molecule is CCOCCn1nc(C)c2nc(N(C)CCOC)nc(Nc3cc(C)ccn3)c21. The number of pyridine rings is 1. The van der Waals surface area contributed by atoms with Gasteiger partial charge >= 0.3 is 0 Å². The molecule has 3 rings (SSSR count). The topological polar surface area (TPSA) is 90.2 Å². The van der Waals surface area contributed by atoms with Crippen molar-refractivity contribution in [2.75, 3.05) is 50.7 Å². The first kappa shape index (κ1) is 20.9. The van der Waals surface area contributed by atoms with E-state index >= 15 is 0 Å². The number of aromatic nitrogens is 5. The minimum absolute atomic E-state index is 0.574. The number of nitrogens with one attached hydrogen (secondary N) is 1. The first-order chi connectivity index (χ1) is 14.0. The smallest absolute Gasteiger partial charge is 0.227 e. The molecule has 0 spiro atoms. The average Bonchev–Trinajstić information content (AvgIpc) is 3.02. The van der Waals surface area contributed by atoms with Gasteiger partial charge < -0.3 is 19.7 Å². The lowest BCUT2D eigenvalue weighted by Gasteiger charge is -2.18. The molecule has 9 heteroatoms. The highest BCUT2D eigenvalue weighted by Gasteiger charge is 2.19. The van der Waals surface area contributed by atoms with Gasteiger partial charge in [0.15, 0.2) is 5.82 Å². The first-order valence-electron chi connectivity index (χ1n) is 9.76. The van der Waals surface area contributed by atoms with Crippen molar-refractivity contribution in [3.63, 3.8) is 0 Å². The zero-order valence-corrected chi connectivity index (χ0v) is 17.8. The van der Waals surface area contributed by atoms with Crippen LogP contribution in [0.3, 0.4) is 0 Å². The molecule has 156 valence electrons. The van der Waals surface area contributed by atoms with Crippen molar-refractivity contribution in [2.24, 2.45) is 0 Å². The molecule has 1 N–H and O–H groups in total. The standard InChI is InChI=1S/C20H29N7O2/c1-6-29-12-10-27-18-17(15(3)25-27)23-20(26(4)9-11-28-5)24-19(18)22-16-13-14(2)7-8-21-16/h7-8,13H,6,9-12H2,1-5H3,(H,21,22,23,24). The van der Waals surface area contributed by atoms with E-state index in [4.69, 9.17) is 19.4 Å². The molecule has 29 heavy (non-hydrogen) atoms. The maximum Gasteiger partial charge on any atom is 0.227 e. The normalized spacial score (nSPS) is 11.2. The largest absolute Gasteiger partial charge is 0.383 e. The van der Waals surface area contributed by atoms with Crippen molar-refractivity contribution >= 4 is 28.6 Å². The van der Waals surface area contributed by atoms with E-state index in [9.17, 15) is 0 Å². The maximum absolute atomic E-state index is 5.52. The van der Waals surface area contributed by atoms with Crippen molar-refractivity contribution in [1.29, 1.82) is 0 Å². The average molecular weight is 399 g/mol. The highest BCUT2D eigenvalue weighted by molar-refractivity contribution is 5.90. The van der Waals surface area contributed by atoms with Gasteiger partial charge in [0.25, 0.3) is 0 Å². The van der Waals surface area contributed by atoms with Crippen LogP contribution in [0.5, 0.6) is 0 Å². The van der Waals surface area contributed by atoms with Crippen LogP contribution in [0.15, 0.2) is 18.3 Å². The van der Waals surface area contributed by atoms with Gasteiger partial charge in [-0.05, 0) is 38.5 Å². The number of rotatable bonds is 10. The van der Waals surface area contributed by atoms with Crippen LogP contribution in [0.25, 0.3) is 11.0 Å². The predicted molar refractivity (Wildman–Crippen MR) is 114 cm³/mol. The fourth-order valence-corrected chi connectivity index (χ4v) is 2.99. The van der Waals surface area contributed by atoms with Crippen LogP contribution < -0.4 is 10.2 Å². The molecule has 3 aromatic rings. The first-order valence-corrected chi connectivity index (χ1v) is 9.76. The third kappa shape index (κ3) is 4.99. The number of hydrogen-bond acceptors (Lipinski definition) is 8. The van der Waals surface area contributed by atoms with E-state index in [0.717, 1.165) is 28.1 Å². The minimum Gasteiger partial charge on any atom is -0.383 e. The Bertz CT molecular complexity index is 957. The molecule has 0 aliphatic rings. The number of ether oxygens (including phenoxy) is 2. The Balaban J connectivity index is 2.06. The third-order valence-corrected chi connectivity index (χ3v) is 4.53. The summed E-state index contributed by atoms with van der Waals surface area (Å²) in [5.41, 5.74) is 3.62. The molecule has 0 fully saturated rings. The molecule has 0 saturated carbocycles. The Labute approximate surface area is 171 Å². The Morgan fingerprint density at radius 1 is 1.21 bits per heavy atom. The van der Waals surface area contributed by atoms with Crippen LogP contribution in [-0.4, -0.2) is 65.3 Å². The Morgan fingerprint density at radius 2 is 2.03 bits per heavy atom. The molecule has 9 nitrogen and oxygen atoms in total. The summed E-state index contributed by atoms with van der Waals surface area (Å²) in [7, 11) is 3.63. The fraction of sp³-hybridized carbons (Fsp3) is 0.500. The molecule has 0 aliphatic carbocycles. The van der Waals surface area contributed by atoms with Crippen molar-refractivity contribution in [2.45, 2.75) is 27.3 Å². The monoisotopic (exact) mass is 399 g/mol. The van der Waals surface area contributed by atoms with Gasteiger partial charge in [-0.15, -0.1) is 0 Å². The number of methoxy groups -OCH3 is 1. The summed E-state index contributed by atoms with van der Waals surface area (Å²) < 4.78 is 12.6. The van der Waals surface area contributed by atoms with Crippen molar-refractivity contribution in [1.82, 2.24) is 24.7 Å². The lowest BCUT2D eigenvalue weighted by molar-refractivity contribution is 0.137. The molecule has 0 atom stereocenters. The van der Waals surface area contributed by atoms with E-state index in [1.165, 1.54) is 0 Å². The van der Waals surface area contributed by atoms with Crippen LogP contribution in [0.2, 0.25) is 0 Å². The second kappa shape index (κ2) is 9.62. The number of aryl methyl sites for hydroxylation is 2. The molecule has 0 amide bonds. The highest BCUT2D eigenvalue weighted by Crippen LogP contribution is 2.28. The maximum atomic E-state index is 5.52. The lowest BCUT2D eigenvalue weighted by Crippen LogP contribution is -2.24. The van der Waals surface area contributed by atoms with Gasteiger partial charge in [-0.2, -0.15) is 10.1 Å². The zero-order valence-electron chi connectivity index (χ0n) is 17.8. The summed E-state index contributed by atoms with van der Waals surface area (Å²) in [5, 5.41) is 8.04. The van der Waals surface area contributed by atoms with Crippen LogP contribution in [-0.2, 0) is 16.0 Å². The highest BCUT2D eigenvalue weighted by atomic mass is 16.5. The molecular weight excluding hydrogens is 370 g/mol. The Morgan fingerprint density at radius 3 is 2.76 bits per heavy atom. The van der Waals surface area contributed by atoms with Crippen molar-refractivity contribution < 1.29 is 9.47 Å². The van der Waals surface area contributed by atoms with Gasteiger partial charge in [0.1, 0.15) is 16.9 Å². The van der Waals surface area contributed by atoms with E-state index in [0.29, 0.717) is 44.7 Å². The molecule has 0 aromatic carbocycles. The Kier molecular flexibility index (Phi) is 6.95. The summed E-state index contributed by atoms with van der Waals surface area (Å²) in [6.07, 6.45) is 1.78. The number of hydrogen-bond donors (Lipinski definition) is 1. The number of likely N-dealkylation sites (N-methyl/N-ethyl adjacent to an activating group) is 1. The summed E-state index contributed by atoms with van der Waals surface area (Å²) >= 11 is 0. The summed E-state index contributed by atoms with van der Waals surface area (Å²) in [4.78, 5) is 15.9. The molecular formula is C20H29N7O2.